The molecule has 8 nitrogen and oxygen atoms in total. The lowest BCUT2D eigenvalue weighted by Crippen LogP contribution is -2.43. The monoisotopic (exact) mass is 397 g/mol. The number of sulfonamides is 1. The van der Waals surface area contributed by atoms with E-state index in [4.69, 9.17) is 10.5 Å². The van der Waals surface area contributed by atoms with Crippen LogP contribution in [0.3, 0.4) is 0 Å². The van der Waals surface area contributed by atoms with E-state index in [1.807, 2.05) is 6.92 Å². The minimum atomic E-state index is -3.57. The third kappa shape index (κ3) is 5.93. The van der Waals surface area contributed by atoms with E-state index in [-0.39, 0.29) is 35.3 Å². The van der Waals surface area contributed by atoms with Crippen LogP contribution in [0.5, 0.6) is 5.75 Å². The van der Waals surface area contributed by atoms with Crippen molar-refractivity contribution in [2.75, 3.05) is 19.7 Å². The van der Waals surface area contributed by atoms with Crippen molar-refractivity contribution in [2.45, 2.75) is 44.0 Å². The van der Waals surface area contributed by atoms with Crippen LogP contribution in [-0.4, -0.2) is 50.9 Å². The van der Waals surface area contributed by atoms with Crippen molar-refractivity contribution < 1.29 is 22.7 Å². The second-order valence-electron chi connectivity index (χ2n) is 6.75. The van der Waals surface area contributed by atoms with E-state index in [9.17, 15) is 18.0 Å². The fourth-order valence-corrected chi connectivity index (χ4v) is 4.11. The Balaban J connectivity index is 1.86. The molecule has 1 atom stereocenters. The summed E-state index contributed by atoms with van der Waals surface area (Å²) in [6.07, 6.45) is 1.83. The van der Waals surface area contributed by atoms with Crippen LogP contribution in [0.2, 0.25) is 0 Å². The lowest BCUT2D eigenvalue weighted by atomic mass is 9.96. The third-order valence-corrected chi connectivity index (χ3v) is 6.32. The van der Waals surface area contributed by atoms with Gasteiger partial charge in [-0.1, -0.05) is 6.92 Å². The van der Waals surface area contributed by atoms with E-state index >= 15 is 0 Å². The summed E-state index contributed by atoms with van der Waals surface area (Å²) in [6.45, 7) is 4.52. The van der Waals surface area contributed by atoms with Gasteiger partial charge in [-0.05, 0) is 50.5 Å². The summed E-state index contributed by atoms with van der Waals surface area (Å²) in [5.74, 6) is -0.254. The number of ether oxygens (including phenoxy) is 1. The molecule has 0 aromatic heterocycles. The van der Waals surface area contributed by atoms with Crippen LogP contribution in [0, 0.1) is 5.92 Å². The number of primary amides is 1. The second-order valence-corrected chi connectivity index (χ2v) is 8.46. The Labute approximate surface area is 160 Å². The van der Waals surface area contributed by atoms with Gasteiger partial charge in [0.2, 0.25) is 15.9 Å². The molecule has 0 unspecified atom stereocenters. The van der Waals surface area contributed by atoms with Crippen molar-refractivity contribution in [3.8, 4) is 5.75 Å². The summed E-state index contributed by atoms with van der Waals surface area (Å²) in [5.41, 5.74) is 5.29. The van der Waals surface area contributed by atoms with Crippen LogP contribution in [0.1, 0.15) is 33.1 Å². The lowest BCUT2D eigenvalue weighted by molar-refractivity contribution is -0.136. The van der Waals surface area contributed by atoms with Gasteiger partial charge in [-0.3, -0.25) is 9.59 Å². The Morgan fingerprint density at radius 1 is 1.26 bits per heavy atom. The maximum atomic E-state index is 12.2. The molecule has 1 aliphatic rings. The number of piperidine rings is 1. The number of carbonyl (C=O) groups excluding carboxylic acids is 2. The predicted octanol–water partition coefficient (Wildman–Crippen LogP) is 0.866. The van der Waals surface area contributed by atoms with Gasteiger partial charge in [-0.2, -0.15) is 0 Å². The number of likely N-dealkylation sites (tertiary alicyclic amines) is 1. The van der Waals surface area contributed by atoms with Gasteiger partial charge in [0.25, 0.3) is 5.91 Å². The normalized spacial score (nSPS) is 16.7. The molecule has 0 radical (unpaired) electrons. The summed E-state index contributed by atoms with van der Waals surface area (Å²) < 4.78 is 32.5. The Bertz CT molecular complexity index is 756. The van der Waals surface area contributed by atoms with Gasteiger partial charge < -0.3 is 15.4 Å². The zero-order chi connectivity index (χ0) is 20.0. The van der Waals surface area contributed by atoms with Crippen LogP contribution in [-0.2, 0) is 19.6 Å². The minimum Gasteiger partial charge on any atom is -0.484 e. The topological polar surface area (TPSA) is 119 Å². The molecule has 2 rings (SSSR count). The summed E-state index contributed by atoms with van der Waals surface area (Å²) in [6, 6.07) is 5.80. The van der Waals surface area contributed by atoms with Crippen molar-refractivity contribution in [2.24, 2.45) is 11.7 Å². The number of carbonyl (C=O) groups is 2. The Hall–Kier alpha value is -2.13. The molecule has 9 heteroatoms. The van der Waals surface area contributed by atoms with Gasteiger partial charge in [0.1, 0.15) is 5.75 Å². The average molecular weight is 397 g/mol. The summed E-state index contributed by atoms with van der Waals surface area (Å²) in [7, 11) is -3.57. The molecule has 2 amide bonds. The molecule has 1 aromatic carbocycles. The highest BCUT2D eigenvalue weighted by atomic mass is 32.2. The summed E-state index contributed by atoms with van der Waals surface area (Å²) in [5, 5.41) is 0. The Kier molecular flexibility index (Phi) is 7.20. The van der Waals surface area contributed by atoms with E-state index in [1.165, 1.54) is 24.3 Å². The molecule has 0 bridgehead atoms. The number of nitrogens with one attached hydrogen (secondary N) is 1. The van der Waals surface area contributed by atoms with Crippen LogP contribution in [0.15, 0.2) is 29.2 Å². The van der Waals surface area contributed by atoms with Crippen LogP contribution in [0.4, 0.5) is 0 Å². The molecule has 1 aromatic rings. The predicted molar refractivity (Wildman–Crippen MR) is 101 cm³/mol. The van der Waals surface area contributed by atoms with Gasteiger partial charge in [0.05, 0.1) is 4.90 Å². The highest BCUT2D eigenvalue weighted by Crippen LogP contribution is 2.19. The Morgan fingerprint density at radius 2 is 1.85 bits per heavy atom. The van der Waals surface area contributed by atoms with Crippen LogP contribution >= 0.6 is 0 Å². The molecule has 0 saturated carbocycles. The van der Waals surface area contributed by atoms with Crippen molar-refractivity contribution >= 4 is 21.8 Å². The molecule has 1 fully saturated rings. The molecule has 1 aliphatic heterocycles. The fraction of sp³-hybridized carbons (Fsp3) is 0.556. The molecule has 150 valence electrons. The maximum Gasteiger partial charge on any atom is 0.260 e. The molecule has 3 N–H and O–H groups in total. The first-order valence-corrected chi connectivity index (χ1v) is 10.5. The molecule has 1 saturated heterocycles. The maximum absolute atomic E-state index is 12.2. The molecule has 27 heavy (non-hydrogen) atoms. The van der Waals surface area contributed by atoms with Gasteiger partial charge >= 0.3 is 0 Å². The third-order valence-electron chi connectivity index (χ3n) is 4.72. The number of nitrogens with zero attached hydrogens (tertiary/aromatic N) is 1. The average Bonchev–Trinajstić information content (AvgIpc) is 2.66. The van der Waals surface area contributed by atoms with Gasteiger partial charge in [-0.25, -0.2) is 13.1 Å². The number of amides is 2. The van der Waals surface area contributed by atoms with Crippen molar-refractivity contribution in [3.05, 3.63) is 24.3 Å². The first-order chi connectivity index (χ1) is 12.7. The standard InChI is InChI=1S/C18H27N3O5S/c1-3-13(2)20-27(24,25)16-6-4-15(5-7-16)26-12-17(22)21-10-8-14(9-11-21)18(19)23/h4-7,13-14,20H,3,8-12H2,1-2H3,(H2,19,23)/t13-/m1/s1. The van der Waals surface area contributed by atoms with E-state index in [0.717, 1.165) is 0 Å². The van der Waals surface area contributed by atoms with Crippen LogP contribution in [0.25, 0.3) is 0 Å². The minimum absolute atomic E-state index is 0.140. The van der Waals surface area contributed by atoms with E-state index in [0.29, 0.717) is 38.1 Å². The molecule has 0 spiro atoms. The van der Waals surface area contributed by atoms with E-state index in [2.05, 4.69) is 4.72 Å². The molecular weight excluding hydrogens is 370 g/mol. The van der Waals surface area contributed by atoms with E-state index < -0.39 is 10.0 Å². The zero-order valence-electron chi connectivity index (χ0n) is 15.7. The highest BCUT2D eigenvalue weighted by Gasteiger charge is 2.26. The number of hydrogen-bond donors (Lipinski definition) is 2. The Morgan fingerprint density at radius 3 is 2.37 bits per heavy atom. The summed E-state index contributed by atoms with van der Waals surface area (Å²) >= 11 is 0. The SMILES string of the molecule is CC[C@@H](C)NS(=O)(=O)c1ccc(OCC(=O)N2CCC(C(N)=O)CC2)cc1. The first kappa shape index (κ1) is 21.2. The molecule has 1 heterocycles. The van der Waals surface area contributed by atoms with Crippen molar-refractivity contribution in [1.82, 2.24) is 9.62 Å². The largest absolute Gasteiger partial charge is 0.484 e. The van der Waals surface area contributed by atoms with Crippen LogP contribution < -0.4 is 15.2 Å². The highest BCUT2D eigenvalue weighted by molar-refractivity contribution is 7.89. The number of benzene rings is 1. The first-order valence-electron chi connectivity index (χ1n) is 9.05. The fourth-order valence-electron chi connectivity index (χ4n) is 2.78. The van der Waals surface area contributed by atoms with Crippen molar-refractivity contribution in [1.29, 1.82) is 0 Å². The van der Waals surface area contributed by atoms with Gasteiger partial charge in [0, 0.05) is 25.0 Å². The van der Waals surface area contributed by atoms with Gasteiger partial charge in [0.15, 0.2) is 6.61 Å². The smallest absolute Gasteiger partial charge is 0.260 e. The zero-order valence-corrected chi connectivity index (χ0v) is 16.5. The number of hydrogen-bond acceptors (Lipinski definition) is 5. The summed E-state index contributed by atoms with van der Waals surface area (Å²) in [4.78, 5) is 25.2. The van der Waals surface area contributed by atoms with E-state index in [1.54, 1.807) is 11.8 Å². The number of rotatable bonds is 8. The quantitative estimate of drug-likeness (QED) is 0.674. The molecular formula is C18H27N3O5S. The lowest BCUT2D eigenvalue weighted by Gasteiger charge is -2.30. The number of nitrogens with two attached hydrogens (primary N) is 1. The van der Waals surface area contributed by atoms with Gasteiger partial charge in [-0.15, -0.1) is 0 Å². The molecule has 0 aliphatic carbocycles. The second kappa shape index (κ2) is 9.18. The van der Waals surface area contributed by atoms with Crippen molar-refractivity contribution in [3.63, 3.8) is 0 Å².